The van der Waals surface area contributed by atoms with E-state index < -0.39 is 0 Å². The SMILES string of the molecule is COc1cccc(CN2CCC([C@H](Cc3ccccc3F)N(C)C(=O)c3ccoc3C)CC2)c1OC. The number of amides is 1. The number of halogens is 1. The molecule has 1 aliphatic rings. The van der Waals surface area contributed by atoms with Crippen LogP contribution >= 0.6 is 0 Å². The predicted molar refractivity (Wildman–Crippen MR) is 137 cm³/mol. The number of nitrogens with zero attached hydrogens (tertiary/aromatic N) is 2. The number of benzene rings is 2. The molecule has 3 aromatic rings. The maximum atomic E-state index is 14.6. The molecule has 192 valence electrons. The number of aryl methyl sites for hydroxylation is 1. The van der Waals surface area contributed by atoms with Gasteiger partial charge in [-0.3, -0.25) is 9.69 Å². The quantitative estimate of drug-likeness (QED) is 0.402. The minimum Gasteiger partial charge on any atom is -0.493 e. The summed E-state index contributed by atoms with van der Waals surface area (Å²) in [5.41, 5.74) is 2.27. The number of carbonyl (C=O) groups is 1. The Kier molecular flexibility index (Phi) is 8.31. The summed E-state index contributed by atoms with van der Waals surface area (Å²) < 4.78 is 31.0. The number of piperidine rings is 1. The maximum Gasteiger partial charge on any atom is 0.257 e. The normalized spacial score (nSPS) is 15.5. The topological polar surface area (TPSA) is 55.2 Å². The van der Waals surface area contributed by atoms with E-state index in [1.54, 1.807) is 38.2 Å². The average molecular weight is 495 g/mol. The van der Waals surface area contributed by atoms with Crippen LogP contribution in [0.5, 0.6) is 11.5 Å². The summed E-state index contributed by atoms with van der Waals surface area (Å²) >= 11 is 0. The van der Waals surface area contributed by atoms with Crippen LogP contribution in [0.4, 0.5) is 4.39 Å². The molecule has 2 heterocycles. The minimum atomic E-state index is -0.231. The van der Waals surface area contributed by atoms with Crippen molar-refractivity contribution in [2.45, 2.75) is 38.8 Å². The molecule has 1 amide bonds. The largest absolute Gasteiger partial charge is 0.493 e. The van der Waals surface area contributed by atoms with E-state index in [2.05, 4.69) is 11.0 Å². The lowest BCUT2D eigenvalue weighted by Gasteiger charge is -2.40. The van der Waals surface area contributed by atoms with Gasteiger partial charge in [0.1, 0.15) is 11.6 Å². The minimum absolute atomic E-state index is 0.0915. The first-order valence-electron chi connectivity index (χ1n) is 12.4. The van der Waals surface area contributed by atoms with E-state index in [1.165, 1.54) is 12.3 Å². The molecule has 2 aromatic carbocycles. The van der Waals surface area contributed by atoms with Crippen LogP contribution < -0.4 is 9.47 Å². The average Bonchev–Trinajstić information content (AvgIpc) is 3.33. The molecule has 7 heteroatoms. The molecule has 0 spiro atoms. The lowest BCUT2D eigenvalue weighted by Crippen LogP contribution is -2.47. The van der Waals surface area contributed by atoms with Crippen LogP contribution in [-0.2, 0) is 13.0 Å². The molecule has 6 nitrogen and oxygen atoms in total. The molecule has 1 fully saturated rings. The number of rotatable bonds is 9. The molecule has 1 aromatic heterocycles. The van der Waals surface area contributed by atoms with Crippen molar-refractivity contribution in [2.24, 2.45) is 5.92 Å². The van der Waals surface area contributed by atoms with Gasteiger partial charge in [0.05, 0.1) is 26.0 Å². The second kappa shape index (κ2) is 11.6. The highest BCUT2D eigenvalue weighted by Crippen LogP contribution is 2.33. The van der Waals surface area contributed by atoms with Crippen molar-refractivity contribution < 1.29 is 23.1 Å². The van der Waals surface area contributed by atoms with Crippen molar-refractivity contribution in [1.29, 1.82) is 0 Å². The third kappa shape index (κ3) is 5.57. The van der Waals surface area contributed by atoms with Gasteiger partial charge < -0.3 is 18.8 Å². The van der Waals surface area contributed by atoms with Gasteiger partial charge >= 0.3 is 0 Å². The molecule has 0 radical (unpaired) electrons. The van der Waals surface area contributed by atoms with Gasteiger partial charge in [0.2, 0.25) is 0 Å². The molecule has 0 aliphatic carbocycles. The van der Waals surface area contributed by atoms with Gasteiger partial charge in [-0.25, -0.2) is 4.39 Å². The predicted octanol–water partition coefficient (Wildman–Crippen LogP) is 5.34. The number of ether oxygens (including phenoxy) is 2. The van der Waals surface area contributed by atoms with E-state index in [1.807, 2.05) is 31.3 Å². The standard InChI is InChI=1S/C29H35FN2O4/c1-20-24(14-17-36-20)29(33)31(2)26(18-22-8-5-6-10-25(22)30)21-12-15-32(16-13-21)19-23-9-7-11-27(34-3)28(23)35-4/h5-11,14,17,21,26H,12-13,15-16,18-19H2,1-4H3/t26-/m0/s1. The summed E-state index contributed by atoms with van der Waals surface area (Å²) in [4.78, 5) is 17.5. The van der Waals surface area contributed by atoms with E-state index in [9.17, 15) is 9.18 Å². The Morgan fingerprint density at radius 2 is 1.81 bits per heavy atom. The van der Waals surface area contributed by atoms with Crippen LogP contribution in [0.1, 0.15) is 40.1 Å². The summed E-state index contributed by atoms with van der Waals surface area (Å²) in [7, 11) is 5.13. The lowest BCUT2D eigenvalue weighted by atomic mass is 9.84. The van der Waals surface area contributed by atoms with Crippen molar-refractivity contribution in [3.63, 3.8) is 0 Å². The van der Waals surface area contributed by atoms with Crippen LogP contribution in [0.2, 0.25) is 0 Å². The van der Waals surface area contributed by atoms with Crippen molar-refractivity contribution in [1.82, 2.24) is 9.80 Å². The number of hydrogen-bond acceptors (Lipinski definition) is 5. The van der Waals surface area contributed by atoms with Crippen molar-refractivity contribution in [3.8, 4) is 11.5 Å². The molecule has 0 bridgehead atoms. The van der Waals surface area contributed by atoms with Gasteiger partial charge in [-0.15, -0.1) is 0 Å². The van der Waals surface area contributed by atoms with Crippen LogP contribution in [0, 0.1) is 18.7 Å². The highest BCUT2D eigenvalue weighted by atomic mass is 19.1. The number of carbonyl (C=O) groups excluding carboxylic acids is 1. The molecule has 0 unspecified atom stereocenters. The second-order valence-electron chi connectivity index (χ2n) is 9.44. The number of methoxy groups -OCH3 is 2. The monoisotopic (exact) mass is 494 g/mol. The number of furan rings is 1. The van der Waals surface area contributed by atoms with Crippen LogP contribution in [0.25, 0.3) is 0 Å². The summed E-state index contributed by atoms with van der Waals surface area (Å²) in [5.74, 6) is 2.01. The van der Waals surface area contributed by atoms with E-state index in [0.717, 1.165) is 49.5 Å². The van der Waals surface area contributed by atoms with Crippen molar-refractivity contribution in [2.75, 3.05) is 34.4 Å². The van der Waals surface area contributed by atoms with Gasteiger partial charge in [-0.1, -0.05) is 30.3 Å². The van der Waals surface area contributed by atoms with Gasteiger partial charge in [-0.05, 0) is 69.0 Å². The fraction of sp³-hybridized carbons (Fsp3) is 0.414. The van der Waals surface area contributed by atoms with Crippen LogP contribution in [0.15, 0.2) is 59.2 Å². The van der Waals surface area contributed by atoms with Crippen LogP contribution in [0.3, 0.4) is 0 Å². The Bertz CT molecular complexity index is 1170. The number of para-hydroxylation sites is 1. The van der Waals surface area contributed by atoms with Gasteiger partial charge in [-0.2, -0.15) is 0 Å². The van der Waals surface area contributed by atoms with Gasteiger partial charge in [0, 0.05) is 25.2 Å². The fourth-order valence-electron chi connectivity index (χ4n) is 5.27. The summed E-state index contributed by atoms with van der Waals surface area (Å²) in [5, 5.41) is 0. The highest BCUT2D eigenvalue weighted by Gasteiger charge is 2.33. The van der Waals surface area contributed by atoms with Gasteiger partial charge in [0.25, 0.3) is 5.91 Å². The number of likely N-dealkylation sites (N-methyl/N-ethyl adjacent to an activating group) is 1. The first-order valence-corrected chi connectivity index (χ1v) is 12.4. The molecule has 0 N–H and O–H groups in total. The first-order chi connectivity index (χ1) is 17.4. The molecular formula is C29H35FN2O4. The Balaban J connectivity index is 1.50. The molecule has 0 saturated carbocycles. The second-order valence-corrected chi connectivity index (χ2v) is 9.44. The van der Waals surface area contributed by atoms with E-state index in [4.69, 9.17) is 13.9 Å². The van der Waals surface area contributed by atoms with Crippen LogP contribution in [-0.4, -0.2) is 56.1 Å². The maximum absolute atomic E-state index is 14.6. The molecule has 1 saturated heterocycles. The van der Waals surface area contributed by atoms with Crippen molar-refractivity contribution in [3.05, 3.63) is 83.1 Å². The third-order valence-corrected chi connectivity index (χ3v) is 7.35. The third-order valence-electron chi connectivity index (χ3n) is 7.35. The summed E-state index contributed by atoms with van der Waals surface area (Å²) in [6.07, 6.45) is 3.83. The zero-order valence-corrected chi connectivity index (χ0v) is 21.5. The molecule has 36 heavy (non-hydrogen) atoms. The fourth-order valence-corrected chi connectivity index (χ4v) is 5.27. The summed E-state index contributed by atoms with van der Waals surface area (Å²) in [6, 6.07) is 14.4. The van der Waals surface area contributed by atoms with E-state index in [0.29, 0.717) is 23.3 Å². The summed E-state index contributed by atoms with van der Waals surface area (Å²) in [6.45, 7) is 4.31. The highest BCUT2D eigenvalue weighted by molar-refractivity contribution is 5.95. The molecule has 1 aliphatic heterocycles. The Hall–Kier alpha value is -3.32. The molecule has 1 atom stereocenters. The number of likely N-dealkylation sites (tertiary alicyclic amines) is 1. The Labute approximate surface area is 212 Å². The van der Waals surface area contributed by atoms with E-state index in [-0.39, 0.29) is 23.7 Å². The smallest absolute Gasteiger partial charge is 0.257 e. The zero-order valence-electron chi connectivity index (χ0n) is 21.5. The first kappa shape index (κ1) is 25.8. The van der Waals surface area contributed by atoms with Crippen molar-refractivity contribution >= 4 is 5.91 Å². The zero-order chi connectivity index (χ0) is 25.7. The molecule has 4 rings (SSSR count). The lowest BCUT2D eigenvalue weighted by molar-refractivity contribution is 0.0581. The Morgan fingerprint density at radius 1 is 1.08 bits per heavy atom. The van der Waals surface area contributed by atoms with E-state index >= 15 is 0 Å². The number of hydrogen-bond donors (Lipinski definition) is 0. The van der Waals surface area contributed by atoms with Gasteiger partial charge in [0.15, 0.2) is 11.5 Å². The molecular weight excluding hydrogens is 459 g/mol. The Morgan fingerprint density at radius 3 is 2.44 bits per heavy atom.